The Morgan fingerprint density at radius 3 is 2.83 bits per heavy atom. The third kappa shape index (κ3) is 4.47. The summed E-state index contributed by atoms with van der Waals surface area (Å²) < 4.78 is 2.05. The molecule has 1 aliphatic carbocycles. The Balaban J connectivity index is 1.49. The maximum atomic E-state index is 12.1. The van der Waals surface area contributed by atoms with Crippen LogP contribution in [0.1, 0.15) is 56.7 Å². The molecular weight excluding hydrogens is 310 g/mol. The molecule has 0 radical (unpaired) electrons. The van der Waals surface area contributed by atoms with Crippen LogP contribution in [0.3, 0.4) is 0 Å². The number of carbonyl (C=O) groups excluding carboxylic acids is 1. The normalized spacial score (nSPS) is 22.9. The van der Waals surface area contributed by atoms with Crippen molar-refractivity contribution in [3.63, 3.8) is 0 Å². The monoisotopic (exact) mass is 337 g/mol. The summed E-state index contributed by atoms with van der Waals surface area (Å²) in [5.74, 6) is 2.01. The average molecular weight is 337 g/mol. The summed E-state index contributed by atoms with van der Waals surface area (Å²) in [7, 11) is 2.01. The van der Waals surface area contributed by atoms with Gasteiger partial charge >= 0.3 is 0 Å². The quantitative estimate of drug-likeness (QED) is 0.802. The topological polar surface area (TPSA) is 71.8 Å². The van der Waals surface area contributed by atoms with Gasteiger partial charge in [-0.25, -0.2) is 0 Å². The zero-order chi connectivity index (χ0) is 16.1. The predicted molar refractivity (Wildman–Crippen MR) is 91.6 cm³/mol. The zero-order valence-electron chi connectivity index (χ0n) is 13.9. The third-order valence-electron chi connectivity index (χ3n) is 4.83. The highest BCUT2D eigenvalue weighted by atomic mass is 32.2. The summed E-state index contributed by atoms with van der Waals surface area (Å²) in [4.78, 5) is 12.1. The number of carbonyl (C=O) groups is 1. The van der Waals surface area contributed by atoms with Crippen LogP contribution < -0.4 is 10.6 Å². The van der Waals surface area contributed by atoms with Crippen LogP contribution in [-0.2, 0) is 11.8 Å². The second-order valence-electron chi connectivity index (χ2n) is 6.63. The maximum Gasteiger partial charge on any atom is 0.230 e. The van der Waals surface area contributed by atoms with Gasteiger partial charge in [0.25, 0.3) is 0 Å². The minimum Gasteiger partial charge on any atom is -0.353 e. The molecule has 1 aromatic rings. The molecule has 2 fully saturated rings. The molecule has 2 aliphatic rings. The van der Waals surface area contributed by atoms with E-state index in [0.717, 1.165) is 43.3 Å². The van der Waals surface area contributed by atoms with E-state index in [0.29, 0.717) is 17.7 Å². The third-order valence-corrected chi connectivity index (χ3v) is 5.85. The lowest BCUT2D eigenvalue weighted by Gasteiger charge is -2.22. The summed E-state index contributed by atoms with van der Waals surface area (Å²) in [5, 5.41) is 16.0. The number of nitrogens with zero attached hydrogens (tertiary/aromatic N) is 3. The fourth-order valence-corrected chi connectivity index (χ4v) is 4.26. The molecule has 3 rings (SSSR count). The average Bonchev–Trinajstić information content (AvgIpc) is 2.95. The fourth-order valence-electron chi connectivity index (χ4n) is 3.53. The standard InChI is InChI=1S/C16H27N5OS/c1-21-15(12-6-5-9-17-10-12)19-20-16(21)23-11-14(22)18-13-7-3-2-4-8-13/h12-13,17H,2-11H2,1H3,(H,18,22). The van der Waals surface area contributed by atoms with Crippen molar-refractivity contribution >= 4 is 17.7 Å². The van der Waals surface area contributed by atoms with E-state index in [9.17, 15) is 4.79 Å². The van der Waals surface area contributed by atoms with E-state index in [-0.39, 0.29) is 5.91 Å². The fraction of sp³-hybridized carbons (Fsp3) is 0.812. The Labute approximate surface area is 142 Å². The van der Waals surface area contributed by atoms with Crippen LogP contribution in [0.5, 0.6) is 0 Å². The first-order valence-corrected chi connectivity index (χ1v) is 9.75. The lowest BCUT2D eigenvalue weighted by molar-refractivity contribution is -0.119. The molecule has 2 N–H and O–H groups in total. The number of hydrogen-bond acceptors (Lipinski definition) is 5. The van der Waals surface area contributed by atoms with E-state index in [2.05, 4.69) is 25.4 Å². The molecule has 6 nitrogen and oxygen atoms in total. The van der Waals surface area contributed by atoms with Crippen LogP contribution in [0.25, 0.3) is 0 Å². The van der Waals surface area contributed by atoms with Crippen LogP contribution in [0.2, 0.25) is 0 Å². The summed E-state index contributed by atoms with van der Waals surface area (Å²) >= 11 is 1.49. The predicted octanol–water partition coefficient (Wildman–Crippen LogP) is 1.82. The van der Waals surface area contributed by atoms with Gasteiger partial charge in [-0.2, -0.15) is 0 Å². The molecule has 0 aromatic carbocycles. The minimum atomic E-state index is 0.116. The maximum absolute atomic E-state index is 12.1. The largest absolute Gasteiger partial charge is 0.353 e. The van der Waals surface area contributed by atoms with E-state index >= 15 is 0 Å². The van der Waals surface area contributed by atoms with Crippen LogP contribution in [-0.4, -0.2) is 45.6 Å². The molecule has 1 aromatic heterocycles. The zero-order valence-corrected chi connectivity index (χ0v) is 14.7. The first kappa shape index (κ1) is 16.8. The number of aromatic nitrogens is 3. The van der Waals surface area contributed by atoms with Gasteiger partial charge in [0.2, 0.25) is 5.91 Å². The molecule has 7 heteroatoms. The number of thioether (sulfide) groups is 1. The van der Waals surface area contributed by atoms with Crippen LogP contribution in [0, 0.1) is 0 Å². The summed E-state index contributed by atoms with van der Waals surface area (Å²) in [6, 6.07) is 0.375. The van der Waals surface area contributed by atoms with Crippen molar-refractivity contribution in [2.24, 2.45) is 7.05 Å². The molecular formula is C16H27N5OS. The van der Waals surface area contributed by atoms with Gasteiger partial charge in [-0.15, -0.1) is 10.2 Å². The van der Waals surface area contributed by atoms with Crippen molar-refractivity contribution < 1.29 is 4.79 Å². The molecule has 1 unspecified atom stereocenters. The number of amides is 1. The van der Waals surface area contributed by atoms with Crippen molar-refractivity contribution in [2.45, 2.75) is 62.1 Å². The van der Waals surface area contributed by atoms with Gasteiger partial charge in [0, 0.05) is 25.6 Å². The first-order chi connectivity index (χ1) is 11.2. The summed E-state index contributed by atoms with van der Waals surface area (Å²) in [6.07, 6.45) is 8.37. The van der Waals surface area contributed by atoms with Gasteiger partial charge in [0.1, 0.15) is 5.82 Å². The number of rotatable bonds is 5. The molecule has 1 amide bonds. The van der Waals surface area contributed by atoms with Gasteiger partial charge in [-0.1, -0.05) is 31.0 Å². The van der Waals surface area contributed by atoms with E-state index in [1.165, 1.54) is 37.4 Å². The minimum absolute atomic E-state index is 0.116. The molecule has 0 bridgehead atoms. The highest BCUT2D eigenvalue weighted by Gasteiger charge is 2.22. The van der Waals surface area contributed by atoms with Crippen molar-refractivity contribution in [1.82, 2.24) is 25.4 Å². The van der Waals surface area contributed by atoms with Gasteiger partial charge in [0.05, 0.1) is 5.75 Å². The van der Waals surface area contributed by atoms with Gasteiger partial charge in [0.15, 0.2) is 5.16 Å². The van der Waals surface area contributed by atoms with E-state index in [1.807, 2.05) is 7.05 Å². The van der Waals surface area contributed by atoms with E-state index < -0.39 is 0 Å². The van der Waals surface area contributed by atoms with E-state index in [1.54, 1.807) is 0 Å². The Kier molecular flexibility index (Phi) is 5.94. The molecule has 2 heterocycles. The SMILES string of the molecule is Cn1c(SCC(=O)NC2CCCCC2)nnc1C1CCCNC1. The van der Waals surface area contributed by atoms with Crippen LogP contribution in [0.4, 0.5) is 0 Å². The number of nitrogens with one attached hydrogen (secondary N) is 2. The second-order valence-corrected chi connectivity index (χ2v) is 7.58. The van der Waals surface area contributed by atoms with Crippen molar-refractivity contribution in [3.05, 3.63) is 5.82 Å². The molecule has 1 aliphatic heterocycles. The molecule has 1 atom stereocenters. The lowest BCUT2D eigenvalue weighted by Crippen LogP contribution is -2.37. The van der Waals surface area contributed by atoms with Crippen LogP contribution >= 0.6 is 11.8 Å². The Morgan fingerprint density at radius 1 is 1.26 bits per heavy atom. The summed E-state index contributed by atoms with van der Waals surface area (Å²) in [6.45, 7) is 2.07. The Morgan fingerprint density at radius 2 is 2.09 bits per heavy atom. The molecule has 1 saturated heterocycles. The Hall–Kier alpha value is -1.08. The summed E-state index contributed by atoms with van der Waals surface area (Å²) in [5.41, 5.74) is 0. The van der Waals surface area contributed by atoms with Gasteiger partial charge in [-0.05, 0) is 32.2 Å². The van der Waals surface area contributed by atoms with Crippen LogP contribution in [0.15, 0.2) is 5.16 Å². The Bertz CT molecular complexity index is 521. The highest BCUT2D eigenvalue weighted by molar-refractivity contribution is 7.99. The smallest absolute Gasteiger partial charge is 0.230 e. The van der Waals surface area contributed by atoms with Gasteiger partial charge in [-0.3, -0.25) is 4.79 Å². The molecule has 128 valence electrons. The van der Waals surface area contributed by atoms with Crippen molar-refractivity contribution in [1.29, 1.82) is 0 Å². The molecule has 1 saturated carbocycles. The lowest BCUT2D eigenvalue weighted by atomic mass is 9.95. The second kappa shape index (κ2) is 8.15. The van der Waals surface area contributed by atoms with Crippen molar-refractivity contribution in [2.75, 3.05) is 18.8 Å². The van der Waals surface area contributed by atoms with E-state index in [4.69, 9.17) is 0 Å². The number of piperidine rings is 1. The highest BCUT2D eigenvalue weighted by Crippen LogP contribution is 2.25. The molecule has 23 heavy (non-hydrogen) atoms. The van der Waals surface area contributed by atoms with Gasteiger partial charge < -0.3 is 15.2 Å². The number of hydrogen-bond donors (Lipinski definition) is 2. The first-order valence-electron chi connectivity index (χ1n) is 8.76. The van der Waals surface area contributed by atoms with Crippen molar-refractivity contribution in [3.8, 4) is 0 Å². The molecule has 0 spiro atoms.